The number of likely N-dealkylation sites (tertiary alicyclic amines) is 1. The third kappa shape index (κ3) is 3.29. The summed E-state index contributed by atoms with van der Waals surface area (Å²) in [5.41, 5.74) is -0.703. The normalized spacial score (nSPS) is 16.5. The molecule has 0 aromatic carbocycles. The summed E-state index contributed by atoms with van der Waals surface area (Å²) >= 11 is 3.12. The van der Waals surface area contributed by atoms with Crippen LogP contribution >= 0.6 is 15.9 Å². The summed E-state index contributed by atoms with van der Waals surface area (Å²) in [4.78, 5) is 27.3. The van der Waals surface area contributed by atoms with Crippen LogP contribution in [-0.4, -0.2) is 34.1 Å². The Morgan fingerprint density at radius 1 is 1.24 bits per heavy atom. The minimum absolute atomic E-state index is 0.334. The number of aromatic amines is 1. The van der Waals surface area contributed by atoms with Gasteiger partial charge in [-0.25, -0.2) is 4.79 Å². The lowest BCUT2D eigenvalue weighted by molar-refractivity contribution is 0.324. The molecule has 1 aliphatic rings. The molecule has 1 aromatic heterocycles. The molecule has 0 spiro atoms. The Kier molecular flexibility index (Phi) is 4.17. The van der Waals surface area contributed by atoms with Gasteiger partial charge in [0.2, 0.25) is 0 Å². The fourth-order valence-corrected chi connectivity index (χ4v) is 2.47. The first-order chi connectivity index (χ1) is 8.16. The highest BCUT2D eigenvalue weighted by atomic mass is 79.9. The summed E-state index contributed by atoms with van der Waals surface area (Å²) in [6, 6.07) is 0. The summed E-state index contributed by atoms with van der Waals surface area (Å²) < 4.78 is 1.94. The van der Waals surface area contributed by atoms with E-state index in [4.69, 9.17) is 0 Å². The van der Waals surface area contributed by atoms with Crippen LogP contribution in [0.15, 0.2) is 20.3 Å². The molecule has 2 rings (SSSR count). The minimum Gasteiger partial charge on any atom is -0.303 e. The van der Waals surface area contributed by atoms with Crippen LogP contribution < -0.4 is 11.2 Å². The number of aryl methyl sites for hydroxylation is 1. The Morgan fingerprint density at radius 3 is 2.65 bits per heavy atom. The Morgan fingerprint density at radius 2 is 1.94 bits per heavy atom. The molecule has 1 aliphatic heterocycles. The Hall–Kier alpha value is -0.880. The van der Waals surface area contributed by atoms with Crippen LogP contribution in [0.2, 0.25) is 0 Å². The zero-order valence-electron chi connectivity index (χ0n) is 9.62. The molecule has 17 heavy (non-hydrogen) atoms. The van der Waals surface area contributed by atoms with Crippen LogP contribution in [0, 0.1) is 0 Å². The standard InChI is InChI=1S/C11H16BrN3O2/c12-9-8-15(11(17)13-10(9)16)7-3-6-14-4-1-2-5-14/h8H,1-7H2,(H,13,16,17). The van der Waals surface area contributed by atoms with E-state index in [-0.39, 0.29) is 11.2 Å². The van der Waals surface area contributed by atoms with Crippen LogP contribution in [0.25, 0.3) is 0 Å². The van der Waals surface area contributed by atoms with Gasteiger partial charge in [0.05, 0.1) is 4.47 Å². The number of hydrogen-bond donors (Lipinski definition) is 1. The SMILES string of the molecule is O=c1[nH]c(=O)n(CCCN2CCCC2)cc1Br. The van der Waals surface area contributed by atoms with E-state index >= 15 is 0 Å². The van der Waals surface area contributed by atoms with Crippen LogP contribution in [0.4, 0.5) is 0 Å². The van der Waals surface area contributed by atoms with Crippen molar-refractivity contribution in [1.29, 1.82) is 0 Å². The third-order valence-electron chi connectivity index (χ3n) is 3.04. The zero-order chi connectivity index (χ0) is 12.3. The fourth-order valence-electron chi connectivity index (χ4n) is 2.12. The average molecular weight is 302 g/mol. The van der Waals surface area contributed by atoms with E-state index < -0.39 is 0 Å². The van der Waals surface area contributed by atoms with E-state index in [1.807, 2.05) is 0 Å². The van der Waals surface area contributed by atoms with E-state index in [1.54, 1.807) is 10.8 Å². The van der Waals surface area contributed by atoms with E-state index in [2.05, 4.69) is 25.8 Å². The molecule has 1 saturated heterocycles. The second-order valence-corrected chi connectivity index (χ2v) is 5.19. The third-order valence-corrected chi connectivity index (χ3v) is 3.60. The predicted octanol–water partition coefficient (Wildman–Crippen LogP) is 0.785. The molecule has 0 atom stereocenters. The van der Waals surface area contributed by atoms with Gasteiger partial charge < -0.3 is 4.90 Å². The second kappa shape index (κ2) is 5.64. The van der Waals surface area contributed by atoms with Gasteiger partial charge in [-0.05, 0) is 54.8 Å². The van der Waals surface area contributed by atoms with E-state index in [1.165, 1.54) is 25.9 Å². The maximum atomic E-state index is 11.5. The average Bonchev–Trinajstić information content (AvgIpc) is 2.78. The molecule has 0 unspecified atom stereocenters. The second-order valence-electron chi connectivity index (χ2n) is 4.33. The molecular weight excluding hydrogens is 286 g/mol. The van der Waals surface area contributed by atoms with Crippen LogP contribution in [0.3, 0.4) is 0 Å². The van der Waals surface area contributed by atoms with Crippen molar-refractivity contribution in [3.8, 4) is 0 Å². The quantitative estimate of drug-likeness (QED) is 0.894. The first-order valence-electron chi connectivity index (χ1n) is 5.88. The molecule has 0 amide bonds. The van der Waals surface area contributed by atoms with Crippen molar-refractivity contribution in [3.05, 3.63) is 31.5 Å². The van der Waals surface area contributed by atoms with Gasteiger partial charge in [-0.2, -0.15) is 0 Å². The highest BCUT2D eigenvalue weighted by molar-refractivity contribution is 9.10. The lowest BCUT2D eigenvalue weighted by Gasteiger charge is -2.14. The lowest BCUT2D eigenvalue weighted by Crippen LogP contribution is -2.31. The molecular formula is C11H16BrN3O2. The summed E-state index contributed by atoms with van der Waals surface area (Å²) in [5, 5.41) is 0. The maximum Gasteiger partial charge on any atom is 0.328 e. The van der Waals surface area contributed by atoms with Crippen molar-refractivity contribution < 1.29 is 0 Å². The molecule has 1 fully saturated rings. The van der Waals surface area contributed by atoms with Crippen molar-refractivity contribution in [2.45, 2.75) is 25.8 Å². The van der Waals surface area contributed by atoms with Gasteiger partial charge in [0, 0.05) is 12.7 Å². The van der Waals surface area contributed by atoms with Gasteiger partial charge in [-0.1, -0.05) is 0 Å². The van der Waals surface area contributed by atoms with Gasteiger partial charge >= 0.3 is 5.69 Å². The van der Waals surface area contributed by atoms with Gasteiger partial charge in [-0.15, -0.1) is 0 Å². The molecule has 2 heterocycles. The van der Waals surface area contributed by atoms with E-state index in [0.29, 0.717) is 11.0 Å². The van der Waals surface area contributed by atoms with Crippen molar-refractivity contribution in [2.75, 3.05) is 19.6 Å². The predicted molar refractivity (Wildman–Crippen MR) is 69.3 cm³/mol. The molecule has 0 saturated carbocycles. The summed E-state index contributed by atoms with van der Waals surface area (Å²) in [5.74, 6) is 0. The smallest absolute Gasteiger partial charge is 0.303 e. The summed E-state index contributed by atoms with van der Waals surface area (Å²) in [6.07, 6.45) is 5.05. The molecule has 0 aliphatic carbocycles. The lowest BCUT2D eigenvalue weighted by atomic mass is 10.4. The molecule has 5 nitrogen and oxygen atoms in total. The van der Waals surface area contributed by atoms with Crippen LogP contribution in [-0.2, 0) is 6.54 Å². The van der Waals surface area contributed by atoms with E-state index in [0.717, 1.165) is 13.0 Å². The molecule has 1 N–H and O–H groups in total. The molecule has 94 valence electrons. The van der Waals surface area contributed by atoms with Crippen molar-refractivity contribution >= 4 is 15.9 Å². The van der Waals surface area contributed by atoms with Gasteiger partial charge in [0.1, 0.15) is 0 Å². The first kappa shape index (κ1) is 12.6. The van der Waals surface area contributed by atoms with Crippen molar-refractivity contribution in [1.82, 2.24) is 14.5 Å². The van der Waals surface area contributed by atoms with Gasteiger partial charge in [0.15, 0.2) is 0 Å². The number of aromatic nitrogens is 2. The Balaban J connectivity index is 1.92. The number of nitrogens with one attached hydrogen (secondary N) is 1. The summed E-state index contributed by atoms with van der Waals surface area (Å²) in [7, 11) is 0. The topological polar surface area (TPSA) is 58.1 Å². The summed E-state index contributed by atoms with van der Waals surface area (Å²) in [6.45, 7) is 4.00. The minimum atomic E-state index is -0.370. The molecule has 0 bridgehead atoms. The van der Waals surface area contributed by atoms with Gasteiger partial charge in [-0.3, -0.25) is 14.3 Å². The van der Waals surface area contributed by atoms with Crippen LogP contribution in [0.5, 0.6) is 0 Å². The van der Waals surface area contributed by atoms with Crippen LogP contribution in [0.1, 0.15) is 19.3 Å². The van der Waals surface area contributed by atoms with Gasteiger partial charge in [0.25, 0.3) is 5.56 Å². The number of halogens is 1. The largest absolute Gasteiger partial charge is 0.328 e. The molecule has 0 radical (unpaired) electrons. The van der Waals surface area contributed by atoms with Crippen molar-refractivity contribution in [3.63, 3.8) is 0 Å². The number of rotatable bonds is 4. The number of nitrogens with zero attached hydrogens (tertiary/aromatic N) is 2. The monoisotopic (exact) mass is 301 g/mol. The first-order valence-corrected chi connectivity index (χ1v) is 6.68. The number of hydrogen-bond acceptors (Lipinski definition) is 3. The fraction of sp³-hybridized carbons (Fsp3) is 0.636. The molecule has 6 heteroatoms. The highest BCUT2D eigenvalue weighted by Crippen LogP contribution is 2.07. The van der Waals surface area contributed by atoms with E-state index in [9.17, 15) is 9.59 Å². The maximum absolute atomic E-state index is 11.5. The Labute approximate surface area is 108 Å². The van der Waals surface area contributed by atoms with Crippen molar-refractivity contribution in [2.24, 2.45) is 0 Å². The molecule has 1 aromatic rings. The highest BCUT2D eigenvalue weighted by Gasteiger charge is 2.10. The Bertz CT molecular complexity index is 488. The number of H-pyrrole nitrogens is 1. The zero-order valence-corrected chi connectivity index (χ0v) is 11.2.